The molecule has 108 valence electrons. The largest absolute Gasteiger partial charge is 0.329 e. The maximum absolute atomic E-state index is 5.65. The molecule has 0 unspecified atom stereocenters. The number of fused-ring (bicyclic) bond motifs is 1. The Kier molecular flexibility index (Phi) is 4.15. The molecule has 3 heterocycles. The fourth-order valence-electron chi connectivity index (χ4n) is 3.43. The standard InChI is InChI=1S/C16H22BrN3/c1-12-15(17)14-4-2-3-8-20(14)16(12)13-5-9-19(10-6-13)11-7-18/h2-4,8,13H,5-7,9-11,18H2,1H3. The number of nitrogens with zero attached hydrogens (tertiary/aromatic N) is 2. The van der Waals surface area contributed by atoms with E-state index in [0.29, 0.717) is 5.92 Å². The second kappa shape index (κ2) is 5.88. The summed E-state index contributed by atoms with van der Waals surface area (Å²) in [5.74, 6) is 0.658. The van der Waals surface area contributed by atoms with Crippen LogP contribution in [0.25, 0.3) is 5.52 Å². The van der Waals surface area contributed by atoms with Crippen molar-refractivity contribution < 1.29 is 0 Å². The Hall–Kier alpha value is -0.840. The minimum Gasteiger partial charge on any atom is -0.329 e. The molecule has 1 aliphatic heterocycles. The quantitative estimate of drug-likeness (QED) is 0.934. The van der Waals surface area contributed by atoms with Crippen LogP contribution in [-0.4, -0.2) is 35.5 Å². The van der Waals surface area contributed by atoms with Gasteiger partial charge in [0.15, 0.2) is 0 Å². The van der Waals surface area contributed by atoms with Gasteiger partial charge in [0.05, 0.1) is 5.52 Å². The number of halogens is 1. The highest BCUT2D eigenvalue weighted by atomic mass is 79.9. The second-order valence-electron chi connectivity index (χ2n) is 5.68. The highest BCUT2D eigenvalue weighted by Crippen LogP contribution is 2.36. The molecule has 4 heteroatoms. The highest BCUT2D eigenvalue weighted by molar-refractivity contribution is 9.10. The van der Waals surface area contributed by atoms with Crippen LogP contribution < -0.4 is 5.73 Å². The lowest BCUT2D eigenvalue weighted by Crippen LogP contribution is -2.36. The van der Waals surface area contributed by atoms with Gasteiger partial charge in [0.2, 0.25) is 0 Å². The van der Waals surface area contributed by atoms with Crippen molar-refractivity contribution in [2.45, 2.75) is 25.7 Å². The third-order valence-corrected chi connectivity index (χ3v) is 5.48. The van der Waals surface area contributed by atoms with E-state index in [9.17, 15) is 0 Å². The molecule has 1 fully saturated rings. The number of aromatic nitrogens is 1. The van der Waals surface area contributed by atoms with Crippen LogP contribution in [-0.2, 0) is 0 Å². The van der Waals surface area contributed by atoms with Gasteiger partial charge in [-0.05, 0) is 66.5 Å². The van der Waals surface area contributed by atoms with E-state index in [1.54, 1.807) is 0 Å². The van der Waals surface area contributed by atoms with E-state index in [4.69, 9.17) is 5.73 Å². The molecule has 1 saturated heterocycles. The number of nitrogens with two attached hydrogens (primary N) is 1. The van der Waals surface area contributed by atoms with Crippen molar-refractivity contribution in [2.75, 3.05) is 26.2 Å². The van der Waals surface area contributed by atoms with Gasteiger partial charge < -0.3 is 15.0 Å². The van der Waals surface area contributed by atoms with E-state index >= 15 is 0 Å². The van der Waals surface area contributed by atoms with E-state index in [0.717, 1.165) is 13.1 Å². The molecule has 3 nitrogen and oxygen atoms in total. The summed E-state index contributed by atoms with van der Waals surface area (Å²) < 4.78 is 3.61. The zero-order chi connectivity index (χ0) is 14.1. The van der Waals surface area contributed by atoms with Crippen molar-refractivity contribution in [3.05, 3.63) is 40.1 Å². The lowest BCUT2D eigenvalue weighted by Gasteiger charge is -2.32. The molecule has 2 aromatic heterocycles. The average Bonchev–Trinajstić information content (AvgIpc) is 2.73. The Morgan fingerprint density at radius 3 is 2.75 bits per heavy atom. The lowest BCUT2D eigenvalue weighted by molar-refractivity contribution is 0.215. The van der Waals surface area contributed by atoms with Gasteiger partial charge in [0.1, 0.15) is 0 Å². The number of piperidine rings is 1. The summed E-state index contributed by atoms with van der Waals surface area (Å²) in [6, 6.07) is 6.41. The summed E-state index contributed by atoms with van der Waals surface area (Å²) >= 11 is 3.76. The molecule has 0 spiro atoms. The summed E-state index contributed by atoms with van der Waals surface area (Å²) in [4.78, 5) is 2.48. The van der Waals surface area contributed by atoms with E-state index in [-0.39, 0.29) is 0 Å². The summed E-state index contributed by atoms with van der Waals surface area (Å²) in [6.45, 7) is 6.37. The maximum Gasteiger partial charge on any atom is 0.0597 e. The zero-order valence-corrected chi connectivity index (χ0v) is 13.6. The van der Waals surface area contributed by atoms with Crippen LogP contribution in [0.4, 0.5) is 0 Å². The first kappa shape index (κ1) is 14.1. The Labute approximate surface area is 128 Å². The molecule has 3 rings (SSSR count). The third kappa shape index (κ3) is 2.41. The Morgan fingerprint density at radius 1 is 1.30 bits per heavy atom. The molecule has 0 saturated carbocycles. The SMILES string of the molecule is Cc1c(Br)c2ccccn2c1C1CCN(CCN)CC1. The minimum absolute atomic E-state index is 0.658. The van der Waals surface area contributed by atoms with Crippen molar-refractivity contribution in [3.63, 3.8) is 0 Å². The summed E-state index contributed by atoms with van der Waals surface area (Å²) in [5.41, 5.74) is 9.82. The fraction of sp³-hybridized carbons (Fsp3) is 0.500. The molecule has 20 heavy (non-hydrogen) atoms. The van der Waals surface area contributed by atoms with Crippen LogP contribution in [0.3, 0.4) is 0 Å². The predicted octanol–water partition coefficient (Wildman–Crippen LogP) is 3.15. The first-order chi connectivity index (χ1) is 9.72. The first-order valence-corrected chi connectivity index (χ1v) is 8.19. The third-order valence-electron chi connectivity index (χ3n) is 4.48. The monoisotopic (exact) mass is 335 g/mol. The van der Waals surface area contributed by atoms with Gasteiger partial charge in [-0.3, -0.25) is 0 Å². The van der Waals surface area contributed by atoms with Gasteiger partial charge in [0.25, 0.3) is 0 Å². The van der Waals surface area contributed by atoms with E-state index in [2.05, 4.69) is 56.6 Å². The van der Waals surface area contributed by atoms with Gasteiger partial charge in [-0.15, -0.1) is 0 Å². The Balaban J connectivity index is 1.90. The van der Waals surface area contributed by atoms with Gasteiger partial charge >= 0.3 is 0 Å². The number of hydrogen-bond donors (Lipinski definition) is 1. The van der Waals surface area contributed by atoms with Crippen LogP contribution in [0, 0.1) is 6.92 Å². The van der Waals surface area contributed by atoms with Gasteiger partial charge in [0, 0.05) is 35.4 Å². The van der Waals surface area contributed by atoms with Crippen molar-refractivity contribution in [3.8, 4) is 0 Å². The molecule has 0 aromatic carbocycles. The normalized spacial score (nSPS) is 17.9. The Bertz CT molecular complexity index is 597. The summed E-state index contributed by atoms with van der Waals surface area (Å²) in [5, 5.41) is 0. The number of rotatable bonds is 3. The van der Waals surface area contributed by atoms with Gasteiger partial charge in [-0.1, -0.05) is 6.07 Å². The van der Waals surface area contributed by atoms with Crippen molar-refractivity contribution >= 4 is 21.4 Å². The van der Waals surface area contributed by atoms with E-state index in [1.807, 2.05) is 0 Å². The number of hydrogen-bond acceptors (Lipinski definition) is 2. The van der Waals surface area contributed by atoms with Crippen LogP contribution in [0.2, 0.25) is 0 Å². The van der Waals surface area contributed by atoms with E-state index in [1.165, 1.54) is 47.2 Å². The molecule has 1 aliphatic rings. The van der Waals surface area contributed by atoms with Gasteiger partial charge in [-0.2, -0.15) is 0 Å². The molecule has 0 amide bonds. The Morgan fingerprint density at radius 2 is 2.05 bits per heavy atom. The van der Waals surface area contributed by atoms with Crippen LogP contribution in [0.15, 0.2) is 28.9 Å². The molecule has 2 aromatic rings. The van der Waals surface area contributed by atoms with E-state index < -0.39 is 0 Å². The summed E-state index contributed by atoms with van der Waals surface area (Å²) in [7, 11) is 0. The zero-order valence-electron chi connectivity index (χ0n) is 12.0. The fourth-order valence-corrected chi connectivity index (χ4v) is 3.96. The average molecular weight is 336 g/mol. The van der Waals surface area contributed by atoms with Crippen molar-refractivity contribution in [1.29, 1.82) is 0 Å². The minimum atomic E-state index is 0.658. The van der Waals surface area contributed by atoms with Crippen LogP contribution in [0.1, 0.15) is 30.0 Å². The molecule has 0 radical (unpaired) electrons. The molecule has 2 N–H and O–H groups in total. The number of pyridine rings is 1. The maximum atomic E-state index is 5.65. The molecule has 0 aliphatic carbocycles. The van der Waals surface area contributed by atoms with Crippen molar-refractivity contribution in [1.82, 2.24) is 9.30 Å². The molecule has 0 bridgehead atoms. The molecule has 0 atom stereocenters. The number of likely N-dealkylation sites (tertiary alicyclic amines) is 1. The lowest BCUT2D eigenvalue weighted by atomic mass is 9.91. The second-order valence-corrected chi connectivity index (χ2v) is 6.48. The molecular formula is C16H22BrN3. The first-order valence-electron chi connectivity index (χ1n) is 7.40. The summed E-state index contributed by atoms with van der Waals surface area (Å²) in [6.07, 6.45) is 4.65. The predicted molar refractivity (Wildman–Crippen MR) is 87.3 cm³/mol. The van der Waals surface area contributed by atoms with Gasteiger partial charge in [-0.25, -0.2) is 0 Å². The van der Waals surface area contributed by atoms with Crippen molar-refractivity contribution in [2.24, 2.45) is 5.73 Å². The van der Waals surface area contributed by atoms with Crippen LogP contribution >= 0.6 is 15.9 Å². The molecular weight excluding hydrogens is 314 g/mol. The smallest absolute Gasteiger partial charge is 0.0597 e. The van der Waals surface area contributed by atoms with Crippen LogP contribution in [0.5, 0.6) is 0 Å². The highest BCUT2D eigenvalue weighted by Gasteiger charge is 2.25. The topological polar surface area (TPSA) is 33.7 Å².